The molecule has 0 bridgehead atoms. The highest BCUT2D eigenvalue weighted by Gasteiger charge is 2.18. The lowest BCUT2D eigenvalue weighted by molar-refractivity contribution is -0.115. The van der Waals surface area contributed by atoms with Crippen LogP contribution in [0.5, 0.6) is 11.5 Å². The monoisotopic (exact) mass is 432 g/mol. The van der Waals surface area contributed by atoms with Crippen LogP contribution in [0.1, 0.15) is 17.0 Å². The molecule has 1 N–H and O–H groups in total. The van der Waals surface area contributed by atoms with Gasteiger partial charge in [0.05, 0.1) is 23.5 Å². The van der Waals surface area contributed by atoms with Crippen molar-refractivity contribution in [3.05, 3.63) is 70.9 Å². The number of rotatable bonds is 5. The lowest BCUT2D eigenvalue weighted by Crippen LogP contribution is -2.15. The Morgan fingerprint density at radius 3 is 2.77 bits per heavy atom. The van der Waals surface area contributed by atoms with E-state index in [-0.39, 0.29) is 19.1 Å². The maximum Gasteiger partial charge on any atom is 0.231 e. The highest BCUT2D eigenvalue weighted by Crippen LogP contribution is 2.36. The Morgan fingerprint density at radius 1 is 1.13 bits per heavy atom. The topological polar surface area (TPSA) is 78.3 Å². The van der Waals surface area contributed by atoms with E-state index < -0.39 is 0 Å². The van der Waals surface area contributed by atoms with Gasteiger partial charge in [-0.25, -0.2) is 9.67 Å². The first-order valence-electron chi connectivity index (χ1n) is 9.84. The second-order valence-electron chi connectivity index (χ2n) is 7.23. The first-order chi connectivity index (χ1) is 15.1. The normalized spacial score (nSPS) is 12.2. The van der Waals surface area contributed by atoms with Crippen LogP contribution in [0.4, 0.5) is 5.13 Å². The highest BCUT2D eigenvalue weighted by molar-refractivity contribution is 7.14. The largest absolute Gasteiger partial charge is 0.454 e. The molecule has 3 heterocycles. The molecule has 0 spiro atoms. The number of carbonyl (C=O) groups is 1. The third kappa shape index (κ3) is 3.77. The molecule has 0 aliphatic carbocycles. The van der Waals surface area contributed by atoms with Gasteiger partial charge in [-0.1, -0.05) is 18.2 Å². The molecule has 1 aliphatic rings. The second-order valence-corrected chi connectivity index (χ2v) is 8.09. The van der Waals surface area contributed by atoms with E-state index in [1.54, 1.807) is 0 Å². The first-order valence-corrected chi connectivity index (χ1v) is 10.7. The number of nitrogens with zero attached hydrogens (tertiary/aromatic N) is 3. The van der Waals surface area contributed by atoms with E-state index in [0.717, 1.165) is 39.6 Å². The number of hydrogen-bond donors (Lipinski definition) is 1. The zero-order valence-corrected chi connectivity index (χ0v) is 17.9. The number of hydrogen-bond acceptors (Lipinski definition) is 6. The SMILES string of the molecule is Cc1nn(-c2ccccc2)c(C)c1CC(=O)Nc1nc(-c2ccc3c(c2)OCO3)cs1. The Hall–Kier alpha value is -3.65. The molecule has 1 amide bonds. The van der Waals surface area contributed by atoms with Crippen LogP contribution in [0, 0.1) is 13.8 Å². The van der Waals surface area contributed by atoms with Crippen LogP contribution < -0.4 is 14.8 Å². The molecule has 31 heavy (non-hydrogen) atoms. The Balaban J connectivity index is 1.30. The summed E-state index contributed by atoms with van der Waals surface area (Å²) in [4.78, 5) is 17.3. The van der Waals surface area contributed by atoms with Crippen molar-refractivity contribution in [1.82, 2.24) is 14.8 Å². The van der Waals surface area contributed by atoms with Gasteiger partial charge in [0.25, 0.3) is 0 Å². The maximum atomic E-state index is 12.7. The van der Waals surface area contributed by atoms with Crippen molar-refractivity contribution in [3.8, 4) is 28.4 Å². The number of ether oxygens (including phenoxy) is 2. The van der Waals surface area contributed by atoms with Gasteiger partial charge in [0, 0.05) is 22.2 Å². The van der Waals surface area contributed by atoms with Crippen molar-refractivity contribution in [2.45, 2.75) is 20.3 Å². The standard InChI is InChI=1S/C23H20N4O3S/c1-14-18(15(2)27(26-14)17-6-4-3-5-7-17)11-22(28)25-23-24-19(12-31-23)16-8-9-20-21(10-16)30-13-29-20/h3-10,12H,11,13H2,1-2H3,(H,24,25,28). The fourth-order valence-corrected chi connectivity index (χ4v) is 4.33. The number of aromatic nitrogens is 3. The average molecular weight is 433 g/mol. The number of anilines is 1. The second kappa shape index (κ2) is 7.88. The lowest BCUT2D eigenvalue weighted by atomic mass is 10.1. The molecule has 0 saturated heterocycles. The zero-order chi connectivity index (χ0) is 21.4. The minimum Gasteiger partial charge on any atom is -0.454 e. The minimum atomic E-state index is -0.120. The average Bonchev–Trinajstić information content (AvgIpc) is 3.50. The van der Waals surface area contributed by atoms with Crippen molar-refractivity contribution in [2.75, 3.05) is 12.1 Å². The van der Waals surface area contributed by atoms with Gasteiger partial charge < -0.3 is 14.8 Å². The van der Waals surface area contributed by atoms with Gasteiger partial charge in [-0.2, -0.15) is 5.10 Å². The molecule has 156 valence electrons. The molecule has 0 radical (unpaired) electrons. The molecule has 0 fully saturated rings. The van der Waals surface area contributed by atoms with E-state index >= 15 is 0 Å². The van der Waals surface area contributed by atoms with Crippen LogP contribution in [0.25, 0.3) is 16.9 Å². The molecule has 2 aromatic heterocycles. The van der Waals surface area contributed by atoms with Gasteiger partial charge in [-0.3, -0.25) is 4.79 Å². The van der Waals surface area contributed by atoms with E-state index in [0.29, 0.717) is 10.9 Å². The van der Waals surface area contributed by atoms with E-state index in [9.17, 15) is 4.79 Å². The van der Waals surface area contributed by atoms with Crippen LogP contribution >= 0.6 is 11.3 Å². The van der Waals surface area contributed by atoms with Crippen LogP contribution in [-0.4, -0.2) is 27.5 Å². The summed E-state index contributed by atoms with van der Waals surface area (Å²) in [7, 11) is 0. The lowest BCUT2D eigenvalue weighted by Gasteiger charge is -2.05. The fourth-order valence-electron chi connectivity index (χ4n) is 3.60. The van der Waals surface area contributed by atoms with Crippen LogP contribution in [0.2, 0.25) is 0 Å². The van der Waals surface area contributed by atoms with Crippen molar-refractivity contribution >= 4 is 22.4 Å². The zero-order valence-electron chi connectivity index (χ0n) is 17.1. The molecule has 0 unspecified atom stereocenters. The van der Waals surface area contributed by atoms with E-state index in [1.165, 1.54) is 11.3 Å². The van der Waals surface area contributed by atoms with Crippen LogP contribution in [-0.2, 0) is 11.2 Å². The van der Waals surface area contributed by atoms with Gasteiger partial charge in [-0.05, 0) is 44.2 Å². The Labute approximate surface area is 183 Å². The molecule has 0 atom stereocenters. The summed E-state index contributed by atoms with van der Waals surface area (Å²) in [5.41, 5.74) is 5.40. The smallest absolute Gasteiger partial charge is 0.231 e. The number of thiazole rings is 1. The Bertz CT molecular complexity index is 1260. The first kappa shape index (κ1) is 19.3. The van der Waals surface area contributed by atoms with Crippen LogP contribution in [0.3, 0.4) is 0 Å². The van der Waals surface area contributed by atoms with Crippen molar-refractivity contribution in [2.24, 2.45) is 0 Å². The Morgan fingerprint density at radius 2 is 1.94 bits per heavy atom. The summed E-state index contributed by atoms with van der Waals surface area (Å²) >= 11 is 1.39. The van der Waals surface area contributed by atoms with Gasteiger partial charge in [-0.15, -0.1) is 11.3 Å². The molecule has 0 saturated carbocycles. The number of carbonyl (C=O) groups excluding carboxylic acids is 1. The summed E-state index contributed by atoms with van der Waals surface area (Å²) in [5, 5.41) is 10.00. The fraction of sp³-hybridized carbons (Fsp3) is 0.174. The number of aryl methyl sites for hydroxylation is 1. The third-order valence-electron chi connectivity index (χ3n) is 5.20. The van der Waals surface area contributed by atoms with E-state index in [1.807, 2.05) is 72.4 Å². The molecule has 7 nitrogen and oxygen atoms in total. The number of para-hydroxylation sites is 1. The molecule has 5 rings (SSSR count). The predicted octanol–water partition coefficient (Wildman–Crippen LogP) is 4.52. The quantitative estimate of drug-likeness (QED) is 0.502. The third-order valence-corrected chi connectivity index (χ3v) is 5.96. The molecular formula is C23H20N4O3S. The number of fused-ring (bicyclic) bond motifs is 1. The highest BCUT2D eigenvalue weighted by atomic mass is 32.1. The van der Waals surface area contributed by atoms with Gasteiger partial charge in [0.15, 0.2) is 16.6 Å². The van der Waals surface area contributed by atoms with Crippen molar-refractivity contribution < 1.29 is 14.3 Å². The Kier molecular flexibility index (Phi) is 4.91. The minimum absolute atomic E-state index is 0.120. The maximum absolute atomic E-state index is 12.7. The summed E-state index contributed by atoms with van der Waals surface area (Å²) in [6.45, 7) is 4.14. The van der Waals surface area contributed by atoms with Crippen molar-refractivity contribution in [1.29, 1.82) is 0 Å². The molecule has 1 aliphatic heterocycles. The van der Waals surface area contributed by atoms with Gasteiger partial charge >= 0.3 is 0 Å². The van der Waals surface area contributed by atoms with Crippen LogP contribution in [0.15, 0.2) is 53.9 Å². The number of benzene rings is 2. The van der Waals surface area contributed by atoms with Gasteiger partial charge in [0.2, 0.25) is 12.7 Å². The van der Waals surface area contributed by atoms with Crippen molar-refractivity contribution in [3.63, 3.8) is 0 Å². The summed E-state index contributed by atoms with van der Waals surface area (Å²) in [6.07, 6.45) is 0.240. The molecular weight excluding hydrogens is 412 g/mol. The number of amides is 1. The number of nitrogens with one attached hydrogen (secondary N) is 1. The van der Waals surface area contributed by atoms with E-state index in [2.05, 4.69) is 15.4 Å². The molecule has 8 heteroatoms. The molecule has 2 aromatic carbocycles. The predicted molar refractivity (Wildman–Crippen MR) is 119 cm³/mol. The van der Waals surface area contributed by atoms with Gasteiger partial charge in [0.1, 0.15) is 0 Å². The van der Waals surface area contributed by atoms with E-state index in [4.69, 9.17) is 9.47 Å². The summed E-state index contributed by atoms with van der Waals surface area (Å²) in [5.74, 6) is 1.32. The molecule has 4 aromatic rings. The summed E-state index contributed by atoms with van der Waals surface area (Å²) in [6, 6.07) is 15.6. The summed E-state index contributed by atoms with van der Waals surface area (Å²) < 4.78 is 12.7.